The largest absolute Gasteiger partial charge is 0.471 e. The predicted octanol–water partition coefficient (Wildman–Crippen LogP) is 2.71. The monoisotopic (exact) mass is 340 g/mol. The van der Waals surface area contributed by atoms with E-state index in [1.807, 2.05) is 0 Å². The Morgan fingerprint density at radius 2 is 1.92 bits per heavy atom. The summed E-state index contributed by atoms with van der Waals surface area (Å²) >= 11 is 0. The molecule has 2 rings (SSSR count). The van der Waals surface area contributed by atoms with Crippen molar-refractivity contribution in [3.05, 3.63) is 48.4 Å². The number of hydrogen-bond donors (Lipinski definition) is 0. The number of aromatic nitrogens is 2. The molecule has 0 amide bonds. The molecule has 0 unspecified atom stereocenters. The average Bonchev–Trinajstić information content (AvgIpc) is 3.05. The number of carbonyl (C=O) groups excluding carboxylic acids is 2. The first kappa shape index (κ1) is 17.5. The van der Waals surface area contributed by atoms with E-state index < -0.39 is 23.6 Å². The van der Waals surface area contributed by atoms with Gasteiger partial charge in [0.2, 0.25) is 17.4 Å². The first-order chi connectivity index (χ1) is 11.3. The summed E-state index contributed by atoms with van der Waals surface area (Å²) in [5.41, 5.74) is 0.284. The highest BCUT2D eigenvalue weighted by Crippen LogP contribution is 2.29. The van der Waals surface area contributed by atoms with Gasteiger partial charge in [0.15, 0.2) is 0 Å². The summed E-state index contributed by atoms with van der Waals surface area (Å²) in [6.07, 6.45) is -3.30. The van der Waals surface area contributed by atoms with Crippen molar-refractivity contribution < 1.29 is 32.0 Å². The minimum absolute atomic E-state index is 0.0745. The van der Waals surface area contributed by atoms with Crippen LogP contribution in [-0.2, 0) is 15.7 Å². The van der Waals surface area contributed by atoms with E-state index in [1.54, 1.807) is 0 Å². The summed E-state index contributed by atoms with van der Waals surface area (Å²) < 4.78 is 46.2. The van der Waals surface area contributed by atoms with Crippen molar-refractivity contribution in [1.82, 2.24) is 10.1 Å². The van der Waals surface area contributed by atoms with Gasteiger partial charge in [-0.3, -0.25) is 9.59 Å². The maximum Gasteiger partial charge on any atom is 0.471 e. The average molecular weight is 340 g/mol. The predicted molar refractivity (Wildman–Crippen MR) is 75.1 cm³/mol. The zero-order valence-corrected chi connectivity index (χ0v) is 12.2. The van der Waals surface area contributed by atoms with Crippen molar-refractivity contribution in [3.8, 4) is 11.4 Å². The lowest BCUT2D eigenvalue weighted by atomic mass is 10.1. The van der Waals surface area contributed by atoms with Gasteiger partial charge in [0.25, 0.3) is 0 Å². The van der Waals surface area contributed by atoms with Crippen LogP contribution in [0.5, 0.6) is 0 Å². The smallest absolute Gasteiger partial charge is 0.369 e. The van der Waals surface area contributed by atoms with Crippen LogP contribution in [0, 0.1) is 0 Å². The van der Waals surface area contributed by atoms with Gasteiger partial charge in [-0.05, 0) is 0 Å². The van der Waals surface area contributed by atoms with Crippen molar-refractivity contribution in [1.29, 1.82) is 0 Å². The third kappa shape index (κ3) is 4.13. The first-order valence-electron chi connectivity index (χ1n) is 6.60. The molecule has 0 aliphatic heterocycles. The molecule has 0 spiro atoms. The second kappa shape index (κ2) is 7.18. The van der Waals surface area contributed by atoms with Gasteiger partial charge in [0.05, 0.1) is 6.61 Å². The van der Waals surface area contributed by atoms with Gasteiger partial charge in [-0.15, -0.1) is 6.58 Å². The first-order valence-corrected chi connectivity index (χ1v) is 6.60. The van der Waals surface area contributed by atoms with Crippen LogP contribution in [0.2, 0.25) is 0 Å². The molecule has 0 bridgehead atoms. The van der Waals surface area contributed by atoms with E-state index in [0.29, 0.717) is 0 Å². The Morgan fingerprint density at radius 1 is 1.25 bits per heavy atom. The van der Waals surface area contributed by atoms with Gasteiger partial charge in [0.1, 0.15) is 6.61 Å². The van der Waals surface area contributed by atoms with Gasteiger partial charge in [-0.25, -0.2) is 0 Å². The molecule has 0 aliphatic rings. The van der Waals surface area contributed by atoms with Crippen molar-refractivity contribution in [2.45, 2.75) is 6.18 Å². The highest BCUT2D eigenvalue weighted by Gasteiger charge is 2.38. The number of carbonyl (C=O) groups is 2. The number of benzene rings is 1. The van der Waals surface area contributed by atoms with Gasteiger partial charge >= 0.3 is 12.1 Å². The fourth-order valence-electron chi connectivity index (χ4n) is 1.69. The van der Waals surface area contributed by atoms with Crippen LogP contribution in [0.3, 0.4) is 0 Å². The van der Waals surface area contributed by atoms with Crippen molar-refractivity contribution in [2.24, 2.45) is 0 Å². The fourth-order valence-corrected chi connectivity index (χ4v) is 1.69. The Hall–Kier alpha value is -2.81. The Kier molecular flexibility index (Phi) is 5.24. The summed E-state index contributed by atoms with van der Waals surface area (Å²) in [4.78, 5) is 26.7. The minimum Gasteiger partial charge on any atom is -0.369 e. The fraction of sp³-hybridized carbons (Fsp3) is 0.200. The number of ether oxygens (including phenoxy) is 1. The van der Waals surface area contributed by atoms with E-state index in [4.69, 9.17) is 4.74 Å². The van der Waals surface area contributed by atoms with E-state index in [2.05, 4.69) is 21.2 Å². The van der Waals surface area contributed by atoms with Crippen LogP contribution < -0.4 is 0 Å². The van der Waals surface area contributed by atoms with Gasteiger partial charge < -0.3 is 9.26 Å². The van der Waals surface area contributed by atoms with E-state index in [1.165, 1.54) is 30.3 Å². The highest BCUT2D eigenvalue weighted by atomic mass is 19.4. The molecule has 6 nitrogen and oxygen atoms in total. The molecule has 0 saturated carbocycles. The molecule has 2 aromatic rings. The van der Waals surface area contributed by atoms with Gasteiger partial charge in [0, 0.05) is 11.1 Å². The summed E-state index contributed by atoms with van der Waals surface area (Å²) in [6, 6.07) is 5.20. The molecule has 0 N–H and O–H groups in total. The Bertz CT molecular complexity index is 751. The molecular weight excluding hydrogens is 329 g/mol. The molecule has 126 valence electrons. The zero-order chi connectivity index (χ0) is 17.7. The quantitative estimate of drug-likeness (QED) is 0.334. The van der Waals surface area contributed by atoms with Crippen molar-refractivity contribution in [3.63, 3.8) is 0 Å². The second-order valence-electron chi connectivity index (χ2n) is 4.55. The number of Topliss-reactive ketones (excluding diaryl/α,β-unsaturated/α-hetero) is 2. The number of hydrogen-bond acceptors (Lipinski definition) is 6. The van der Waals surface area contributed by atoms with Crippen LogP contribution in [-0.4, -0.2) is 34.9 Å². The normalized spacial score (nSPS) is 11.3. The van der Waals surface area contributed by atoms with Crippen molar-refractivity contribution >= 4 is 11.6 Å². The number of halogens is 3. The Balaban J connectivity index is 2.10. The SMILES string of the molecule is C=CCOCC(=O)C(=O)c1ccc(-c2noc(C(F)(F)F)n2)cc1. The van der Waals surface area contributed by atoms with Gasteiger partial charge in [-0.1, -0.05) is 35.5 Å². The number of ketones is 2. The molecule has 0 radical (unpaired) electrons. The lowest BCUT2D eigenvalue weighted by molar-refractivity contribution is -0.159. The maximum absolute atomic E-state index is 12.4. The lowest BCUT2D eigenvalue weighted by Gasteiger charge is -2.02. The summed E-state index contributed by atoms with van der Waals surface area (Å²) in [6.45, 7) is 3.16. The standard InChI is InChI=1S/C15H11F3N2O4/c1-2-7-23-8-11(21)12(22)9-3-5-10(6-4-9)13-19-14(24-20-13)15(16,17)18/h2-6H,1,7-8H2. The second-order valence-corrected chi connectivity index (χ2v) is 4.55. The Morgan fingerprint density at radius 3 is 2.46 bits per heavy atom. The molecule has 0 aliphatic carbocycles. The van der Waals surface area contributed by atoms with E-state index in [-0.39, 0.29) is 30.2 Å². The molecule has 9 heteroatoms. The van der Waals surface area contributed by atoms with E-state index in [9.17, 15) is 22.8 Å². The highest BCUT2D eigenvalue weighted by molar-refractivity contribution is 6.44. The van der Waals surface area contributed by atoms with E-state index in [0.717, 1.165) is 0 Å². The molecule has 1 aromatic carbocycles. The number of alkyl halides is 3. The van der Waals surface area contributed by atoms with Crippen LogP contribution in [0.15, 0.2) is 41.4 Å². The zero-order valence-electron chi connectivity index (χ0n) is 12.2. The third-order valence-corrected chi connectivity index (χ3v) is 2.80. The van der Waals surface area contributed by atoms with Crippen LogP contribution in [0.4, 0.5) is 13.2 Å². The lowest BCUT2D eigenvalue weighted by Crippen LogP contribution is -2.20. The molecule has 1 heterocycles. The third-order valence-electron chi connectivity index (χ3n) is 2.80. The van der Waals surface area contributed by atoms with Crippen molar-refractivity contribution in [2.75, 3.05) is 13.2 Å². The molecule has 0 saturated heterocycles. The van der Waals surface area contributed by atoms with Crippen LogP contribution in [0.1, 0.15) is 16.2 Å². The molecular formula is C15H11F3N2O4. The topological polar surface area (TPSA) is 82.3 Å². The van der Waals surface area contributed by atoms with E-state index >= 15 is 0 Å². The summed E-state index contributed by atoms with van der Waals surface area (Å²) in [5, 5.41) is 3.23. The molecule has 24 heavy (non-hydrogen) atoms. The van der Waals surface area contributed by atoms with Gasteiger partial charge in [-0.2, -0.15) is 18.2 Å². The molecule has 1 aromatic heterocycles. The maximum atomic E-state index is 12.4. The Labute approximate surface area is 133 Å². The molecule has 0 atom stereocenters. The number of nitrogens with zero attached hydrogens (tertiary/aromatic N) is 2. The van der Waals surface area contributed by atoms with Crippen LogP contribution >= 0.6 is 0 Å². The minimum atomic E-state index is -4.74. The molecule has 0 fully saturated rings. The summed E-state index contributed by atoms with van der Waals surface area (Å²) in [7, 11) is 0. The van der Waals surface area contributed by atoms with Crippen LogP contribution in [0.25, 0.3) is 11.4 Å². The number of rotatable bonds is 7. The summed E-state index contributed by atoms with van der Waals surface area (Å²) in [5.74, 6) is -3.26.